The SMILES string of the molecule is COC(=O)C1=C(CC(=O)N2CCN(CC(N)=O)CC2)NC(CS(=O)c2ccccc2)=C(C(=O)OC)[C@H]1c1c(Cl)cccc1Cl. The molecule has 2 aliphatic rings. The Morgan fingerprint density at radius 3 is 2.00 bits per heavy atom. The van der Waals surface area contributed by atoms with E-state index in [1.165, 1.54) is 14.2 Å². The minimum absolute atomic E-state index is 0.0385. The van der Waals surface area contributed by atoms with Crippen molar-refractivity contribution in [3.63, 3.8) is 0 Å². The van der Waals surface area contributed by atoms with Gasteiger partial charge in [-0.1, -0.05) is 47.5 Å². The molecule has 2 atom stereocenters. The Morgan fingerprint density at radius 1 is 0.886 bits per heavy atom. The first-order valence-electron chi connectivity index (χ1n) is 13.6. The van der Waals surface area contributed by atoms with Gasteiger partial charge in [-0.3, -0.25) is 18.7 Å². The summed E-state index contributed by atoms with van der Waals surface area (Å²) in [5.41, 5.74) is 5.77. The summed E-state index contributed by atoms with van der Waals surface area (Å²) >= 11 is 13.3. The number of nitrogens with two attached hydrogens (primary N) is 1. The number of benzene rings is 2. The lowest BCUT2D eigenvalue weighted by atomic mass is 9.79. The highest BCUT2D eigenvalue weighted by molar-refractivity contribution is 7.85. The van der Waals surface area contributed by atoms with Gasteiger partial charge in [-0.15, -0.1) is 0 Å². The largest absolute Gasteiger partial charge is 0.466 e. The number of primary amides is 1. The number of carbonyl (C=O) groups is 4. The second-order valence-electron chi connectivity index (χ2n) is 10.1. The fourth-order valence-corrected chi connectivity index (χ4v) is 7.00. The maximum absolute atomic E-state index is 13.6. The van der Waals surface area contributed by atoms with Crippen LogP contribution in [0.4, 0.5) is 0 Å². The summed E-state index contributed by atoms with van der Waals surface area (Å²) in [4.78, 5) is 55.8. The van der Waals surface area contributed by atoms with Gasteiger partial charge in [0.2, 0.25) is 11.8 Å². The van der Waals surface area contributed by atoms with Crippen LogP contribution in [-0.2, 0) is 39.5 Å². The molecule has 4 rings (SSSR count). The second-order valence-corrected chi connectivity index (χ2v) is 12.3. The molecular formula is C30H32Cl2N4O7S. The third-order valence-corrected chi connectivity index (χ3v) is 9.35. The minimum atomic E-state index is -1.64. The molecule has 1 unspecified atom stereocenters. The molecule has 14 heteroatoms. The lowest BCUT2D eigenvalue weighted by Gasteiger charge is -2.36. The quantitative estimate of drug-likeness (QED) is 0.366. The first-order chi connectivity index (χ1) is 21.0. The Kier molecular flexibility index (Phi) is 11.2. The van der Waals surface area contributed by atoms with E-state index in [2.05, 4.69) is 5.32 Å². The average molecular weight is 664 g/mol. The highest BCUT2D eigenvalue weighted by atomic mass is 35.5. The average Bonchev–Trinajstić information content (AvgIpc) is 3.00. The number of piperazine rings is 1. The molecule has 2 aromatic carbocycles. The lowest BCUT2D eigenvalue weighted by Crippen LogP contribution is -2.51. The third-order valence-electron chi connectivity index (χ3n) is 7.34. The molecular weight excluding hydrogens is 631 g/mol. The molecule has 0 aromatic heterocycles. The minimum Gasteiger partial charge on any atom is -0.466 e. The molecule has 234 valence electrons. The van der Waals surface area contributed by atoms with Crippen LogP contribution in [0.1, 0.15) is 17.9 Å². The van der Waals surface area contributed by atoms with E-state index < -0.39 is 34.6 Å². The molecule has 3 N–H and O–H groups in total. The molecule has 0 saturated carbocycles. The molecule has 2 amide bonds. The fraction of sp³-hybridized carbons (Fsp3) is 0.333. The number of methoxy groups -OCH3 is 2. The highest BCUT2D eigenvalue weighted by Gasteiger charge is 2.42. The van der Waals surface area contributed by atoms with Crippen LogP contribution in [0.2, 0.25) is 10.0 Å². The zero-order chi connectivity index (χ0) is 32.0. The van der Waals surface area contributed by atoms with Gasteiger partial charge < -0.3 is 25.4 Å². The monoisotopic (exact) mass is 662 g/mol. The highest BCUT2D eigenvalue weighted by Crippen LogP contribution is 2.45. The van der Waals surface area contributed by atoms with Crippen LogP contribution in [0.5, 0.6) is 0 Å². The topological polar surface area (TPSA) is 148 Å². The summed E-state index contributed by atoms with van der Waals surface area (Å²) < 4.78 is 23.8. The number of halogens is 2. The number of rotatable bonds is 10. The second kappa shape index (κ2) is 14.8. The van der Waals surface area contributed by atoms with Gasteiger partial charge in [0.05, 0.1) is 60.8 Å². The van der Waals surface area contributed by atoms with Crippen molar-refractivity contribution in [2.45, 2.75) is 17.2 Å². The Bertz CT molecular complexity index is 1520. The van der Waals surface area contributed by atoms with Crippen molar-refractivity contribution < 1.29 is 32.9 Å². The number of ether oxygens (including phenoxy) is 2. The maximum atomic E-state index is 13.6. The van der Waals surface area contributed by atoms with Crippen LogP contribution in [0.3, 0.4) is 0 Å². The summed E-state index contributed by atoms with van der Waals surface area (Å²) in [5, 5.41) is 3.41. The molecule has 0 bridgehead atoms. The molecule has 44 heavy (non-hydrogen) atoms. The number of carbonyl (C=O) groups excluding carboxylic acids is 4. The van der Waals surface area contributed by atoms with Crippen LogP contribution in [0, 0.1) is 0 Å². The zero-order valence-corrected chi connectivity index (χ0v) is 26.5. The van der Waals surface area contributed by atoms with Crippen molar-refractivity contribution in [2.24, 2.45) is 5.73 Å². The van der Waals surface area contributed by atoms with E-state index in [1.54, 1.807) is 53.4 Å². The van der Waals surface area contributed by atoms with Gasteiger partial charge >= 0.3 is 11.9 Å². The number of amides is 2. The smallest absolute Gasteiger partial charge is 0.336 e. The van der Waals surface area contributed by atoms with Crippen molar-refractivity contribution in [1.29, 1.82) is 0 Å². The normalized spacial score (nSPS) is 18.0. The molecule has 1 saturated heterocycles. The van der Waals surface area contributed by atoms with E-state index in [4.69, 9.17) is 38.4 Å². The predicted octanol–water partition coefficient (Wildman–Crippen LogP) is 2.36. The number of hydrogen-bond donors (Lipinski definition) is 2. The summed E-state index contributed by atoms with van der Waals surface area (Å²) in [5.74, 6) is -3.79. The predicted molar refractivity (Wildman–Crippen MR) is 165 cm³/mol. The van der Waals surface area contributed by atoms with Gasteiger partial charge in [-0.25, -0.2) is 9.59 Å². The Labute approximate surface area is 267 Å². The van der Waals surface area contributed by atoms with Crippen molar-refractivity contribution in [2.75, 3.05) is 52.7 Å². The van der Waals surface area contributed by atoms with Crippen molar-refractivity contribution in [3.05, 3.63) is 86.7 Å². The number of nitrogens with zero attached hydrogens (tertiary/aromatic N) is 2. The molecule has 2 aliphatic heterocycles. The zero-order valence-electron chi connectivity index (χ0n) is 24.1. The van der Waals surface area contributed by atoms with E-state index in [1.807, 2.05) is 4.90 Å². The van der Waals surface area contributed by atoms with Gasteiger partial charge in [0.1, 0.15) is 0 Å². The Morgan fingerprint density at radius 2 is 1.45 bits per heavy atom. The van der Waals surface area contributed by atoms with Gasteiger partial charge in [0, 0.05) is 58.1 Å². The van der Waals surface area contributed by atoms with Crippen molar-refractivity contribution in [3.8, 4) is 0 Å². The van der Waals surface area contributed by atoms with E-state index in [0.29, 0.717) is 31.1 Å². The van der Waals surface area contributed by atoms with Crippen LogP contribution >= 0.6 is 23.2 Å². The molecule has 0 spiro atoms. The van der Waals surface area contributed by atoms with Crippen LogP contribution in [0.25, 0.3) is 0 Å². The first kappa shape index (κ1) is 33.2. The van der Waals surface area contributed by atoms with E-state index >= 15 is 0 Å². The van der Waals surface area contributed by atoms with Crippen LogP contribution < -0.4 is 11.1 Å². The van der Waals surface area contributed by atoms with Gasteiger partial charge in [0.25, 0.3) is 0 Å². The summed E-state index contributed by atoms with van der Waals surface area (Å²) in [6, 6.07) is 13.4. The maximum Gasteiger partial charge on any atom is 0.336 e. The molecule has 1 fully saturated rings. The van der Waals surface area contributed by atoms with Crippen molar-refractivity contribution >= 4 is 57.8 Å². The van der Waals surface area contributed by atoms with Crippen LogP contribution in [0.15, 0.2) is 76.0 Å². The van der Waals surface area contributed by atoms with Crippen molar-refractivity contribution in [1.82, 2.24) is 15.1 Å². The number of nitrogens with one attached hydrogen (secondary N) is 1. The standard InChI is InChI=1S/C30H32Cl2N4O7S/c1-42-29(39)26-21(15-24(38)36-13-11-35(12-14-36)16-23(33)37)34-22(17-44(41)18-7-4-3-5-8-18)27(30(40)43-2)28(26)25-19(31)9-6-10-20(25)32/h3-10,28,34H,11-17H2,1-2H3,(H2,33,37)/t28-,44?/m0/s1. The fourth-order valence-electron chi connectivity index (χ4n) is 5.27. The number of dihydropyridines is 1. The summed E-state index contributed by atoms with van der Waals surface area (Å²) in [6.45, 7) is 1.64. The summed E-state index contributed by atoms with van der Waals surface area (Å²) in [6.07, 6.45) is -0.283. The molecule has 11 nitrogen and oxygen atoms in total. The number of esters is 2. The molecule has 2 aromatic rings. The Hall–Kier alpha value is -3.71. The third kappa shape index (κ3) is 7.49. The Balaban J connectivity index is 1.82. The van der Waals surface area contributed by atoms with Gasteiger partial charge in [-0.2, -0.15) is 0 Å². The molecule has 0 radical (unpaired) electrons. The van der Waals surface area contributed by atoms with Crippen LogP contribution in [-0.4, -0.2) is 90.5 Å². The lowest BCUT2D eigenvalue weighted by molar-refractivity contribution is -0.137. The van der Waals surface area contributed by atoms with Gasteiger partial charge in [0.15, 0.2) is 0 Å². The van der Waals surface area contributed by atoms with E-state index in [-0.39, 0.29) is 62.8 Å². The number of hydrogen-bond acceptors (Lipinski definition) is 9. The van der Waals surface area contributed by atoms with Gasteiger partial charge in [-0.05, 0) is 24.3 Å². The first-order valence-corrected chi connectivity index (χ1v) is 15.7. The molecule has 2 heterocycles. The van der Waals surface area contributed by atoms with E-state index in [0.717, 1.165) is 0 Å². The summed E-state index contributed by atoms with van der Waals surface area (Å²) in [7, 11) is 0.727. The van der Waals surface area contributed by atoms with E-state index in [9.17, 15) is 23.4 Å². The molecule has 0 aliphatic carbocycles.